The van der Waals surface area contributed by atoms with E-state index < -0.39 is 5.97 Å². The van der Waals surface area contributed by atoms with Crippen LogP contribution in [0.2, 0.25) is 5.02 Å². The Morgan fingerprint density at radius 1 is 1.06 bits per heavy atom. The van der Waals surface area contributed by atoms with Crippen molar-refractivity contribution in [3.8, 4) is 5.75 Å². The molecule has 0 aliphatic carbocycles. The van der Waals surface area contributed by atoms with Crippen molar-refractivity contribution >= 4 is 45.1 Å². The van der Waals surface area contributed by atoms with Crippen LogP contribution >= 0.6 is 27.5 Å². The lowest BCUT2D eigenvalue weighted by molar-refractivity contribution is -0.136. The first-order valence-corrected chi connectivity index (χ1v) is 11.2. The van der Waals surface area contributed by atoms with Crippen LogP contribution in [0.25, 0.3) is 0 Å². The monoisotopic (exact) mass is 515 g/mol. The maximum atomic E-state index is 13.0. The minimum Gasteiger partial charge on any atom is -0.493 e. The van der Waals surface area contributed by atoms with Crippen molar-refractivity contribution in [1.82, 2.24) is 0 Å². The van der Waals surface area contributed by atoms with Crippen molar-refractivity contribution < 1.29 is 19.4 Å². The lowest BCUT2D eigenvalue weighted by Gasteiger charge is -2.15. The molecule has 32 heavy (non-hydrogen) atoms. The highest BCUT2D eigenvalue weighted by atomic mass is 79.9. The number of hydrogen-bond acceptors (Lipinski definition) is 3. The predicted molar refractivity (Wildman–Crippen MR) is 130 cm³/mol. The van der Waals surface area contributed by atoms with Crippen LogP contribution in [0.5, 0.6) is 5.75 Å². The Bertz CT molecular complexity index is 1130. The van der Waals surface area contributed by atoms with E-state index >= 15 is 0 Å². The molecule has 0 heterocycles. The molecule has 2 N–H and O–H groups in total. The van der Waals surface area contributed by atoms with Crippen LogP contribution in [-0.2, 0) is 17.6 Å². The van der Waals surface area contributed by atoms with Gasteiger partial charge in [0.2, 0.25) is 0 Å². The molecule has 3 rings (SSSR count). The molecule has 0 fully saturated rings. The van der Waals surface area contributed by atoms with Crippen LogP contribution in [0.1, 0.15) is 32.6 Å². The molecule has 5 nitrogen and oxygen atoms in total. The number of anilines is 1. The van der Waals surface area contributed by atoms with Gasteiger partial charge in [-0.05, 0) is 76.3 Å². The minimum absolute atomic E-state index is 0.211. The number of ether oxygens (including phenoxy) is 1. The molecule has 0 spiro atoms. The molecule has 0 unspecified atom stereocenters. The molecular formula is C25H23BrClNO4. The van der Waals surface area contributed by atoms with Crippen molar-refractivity contribution in [3.63, 3.8) is 0 Å². The fourth-order valence-corrected chi connectivity index (χ4v) is 4.11. The zero-order valence-electron chi connectivity index (χ0n) is 17.7. The number of halogens is 2. The molecule has 166 valence electrons. The van der Waals surface area contributed by atoms with E-state index in [0.29, 0.717) is 38.7 Å². The van der Waals surface area contributed by atoms with E-state index in [9.17, 15) is 9.59 Å². The van der Waals surface area contributed by atoms with Crippen LogP contribution in [0, 0.1) is 13.8 Å². The predicted octanol–water partition coefficient (Wildman–Crippen LogP) is 6.22. The molecule has 0 saturated carbocycles. The second-order valence-electron chi connectivity index (χ2n) is 7.47. The molecule has 3 aromatic rings. The maximum Gasteiger partial charge on any atom is 0.307 e. The van der Waals surface area contributed by atoms with E-state index in [-0.39, 0.29) is 12.3 Å². The Balaban J connectivity index is 1.73. The molecular weight excluding hydrogens is 494 g/mol. The number of nitrogens with one attached hydrogen (secondary N) is 1. The summed E-state index contributed by atoms with van der Waals surface area (Å²) in [6.07, 6.45) is 0.585. The Kier molecular flexibility index (Phi) is 7.94. The fourth-order valence-electron chi connectivity index (χ4n) is 3.50. The summed E-state index contributed by atoms with van der Waals surface area (Å²) < 4.78 is 6.40. The van der Waals surface area contributed by atoms with Crippen molar-refractivity contribution in [3.05, 3.63) is 91.9 Å². The number of amides is 1. The summed E-state index contributed by atoms with van der Waals surface area (Å²) in [6.45, 7) is 4.25. The van der Waals surface area contributed by atoms with Crippen molar-refractivity contribution in [2.75, 3.05) is 11.9 Å². The zero-order valence-corrected chi connectivity index (χ0v) is 20.1. The molecule has 3 aromatic carbocycles. The second-order valence-corrected chi connectivity index (χ2v) is 8.67. The van der Waals surface area contributed by atoms with Gasteiger partial charge in [0.25, 0.3) is 5.91 Å². The van der Waals surface area contributed by atoms with Crippen LogP contribution in [-0.4, -0.2) is 23.6 Å². The summed E-state index contributed by atoms with van der Waals surface area (Å²) in [5.41, 5.74) is 4.22. The first-order chi connectivity index (χ1) is 15.2. The number of rotatable bonds is 8. The van der Waals surface area contributed by atoms with Gasteiger partial charge in [-0.15, -0.1) is 0 Å². The number of aliphatic carboxylic acids is 1. The number of carbonyl (C=O) groups excluding carboxylic acids is 1. The third-order valence-electron chi connectivity index (χ3n) is 4.94. The summed E-state index contributed by atoms with van der Waals surface area (Å²) in [4.78, 5) is 24.1. The van der Waals surface area contributed by atoms with Crippen LogP contribution in [0.3, 0.4) is 0 Å². The third kappa shape index (κ3) is 6.11. The van der Waals surface area contributed by atoms with Gasteiger partial charge in [0.05, 0.1) is 18.1 Å². The lowest BCUT2D eigenvalue weighted by Crippen LogP contribution is -2.16. The number of hydrogen-bond donors (Lipinski definition) is 2. The number of benzene rings is 3. The number of carboxylic acid groups (broad SMARTS) is 1. The largest absolute Gasteiger partial charge is 0.493 e. The quantitative estimate of drug-likeness (QED) is 0.373. The molecule has 0 atom stereocenters. The second kappa shape index (κ2) is 10.7. The molecule has 0 aromatic heterocycles. The minimum atomic E-state index is -0.986. The normalized spacial score (nSPS) is 10.6. The van der Waals surface area contributed by atoms with E-state index in [1.54, 1.807) is 12.1 Å². The number of carbonyl (C=O) groups is 2. The van der Waals surface area contributed by atoms with Gasteiger partial charge in [0, 0.05) is 22.1 Å². The molecule has 7 heteroatoms. The first-order valence-electron chi connectivity index (χ1n) is 10.0. The summed E-state index contributed by atoms with van der Waals surface area (Å²) in [5.74, 6) is -0.571. The van der Waals surface area contributed by atoms with E-state index in [4.69, 9.17) is 21.4 Å². The number of carboxylic acids is 1. The highest BCUT2D eigenvalue weighted by Crippen LogP contribution is 2.31. The molecule has 0 aliphatic rings. The summed E-state index contributed by atoms with van der Waals surface area (Å²) in [6, 6.07) is 17.0. The first kappa shape index (κ1) is 23.8. The Morgan fingerprint density at radius 2 is 1.72 bits per heavy atom. The Hall–Kier alpha value is -2.83. The lowest BCUT2D eigenvalue weighted by atomic mass is 10.0. The van der Waals surface area contributed by atoms with Crippen LogP contribution < -0.4 is 10.1 Å². The van der Waals surface area contributed by atoms with Crippen molar-refractivity contribution in [2.24, 2.45) is 0 Å². The Morgan fingerprint density at radius 3 is 2.34 bits per heavy atom. The summed E-state index contributed by atoms with van der Waals surface area (Å²) in [7, 11) is 0. The summed E-state index contributed by atoms with van der Waals surface area (Å²) >= 11 is 9.50. The SMILES string of the molecule is Cc1cc(OCCc2ccccc2)cc(C)c1C(=O)Nc1cc(Cl)c(Br)c(CC(=O)O)c1. The smallest absolute Gasteiger partial charge is 0.307 e. The van der Waals surface area contributed by atoms with E-state index in [1.165, 1.54) is 5.56 Å². The van der Waals surface area contributed by atoms with Gasteiger partial charge in [-0.1, -0.05) is 41.9 Å². The van der Waals surface area contributed by atoms with Gasteiger partial charge in [0.1, 0.15) is 5.75 Å². The molecule has 0 saturated heterocycles. The highest BCUT2D eigenvalue weighted by Gasteiger charge is 2.17. The topological polar surface area (TPSA) is 75.6 Å². The van der Waals surface area contributed by atoms with Crippen LogP contribution in [0.4, 0.5) is 5.69 Å². The average Bonchev–Trinajstić information content (AvgIpc) is 2.71. The Labute approximate surface area is 200 Å². The van der Waals surface area contributed by atoms with Crippen molar-refractivity contribution in [1.29, 1.82) is 0 Å². The highest BCUT2D eigenvalue weighted by molar-refractivity contribution is 9.10. The van der Waals surface area contributed by atoms with E-state index in [2.05, 4.69) is 33.4 Å². The van der Waals surface area contributed by atoms with Gasteiger partial charge in [0.15, 0.2) is 0 Å². The standard InChI is InChI=1S/C25H23BrClNO4/c1-15-10-20(32-9-8-17-6-4-3-5-7-17)11-16(2)23(15)25(31)28-19-12-18(13-22(29)30)24(26)21(27)14-19/h3-7,10-12,14H,8-9,13H2,1-2H3,(H,28,31)(H,29,30). The summed E-state index contributed by atoms with van der Waals surface area (Å²) in [5, 5.41) is 12.3. The maximum absolute atomic E-state index is 13.0. The molecule has 0 aliphatic heterocycles. The average molecular weight is 517 g/mol. The van der Waals surface area contributed by atoms with Gasteiger partial charge < -0.3 is 15.2 Å². The third-order valence-corrected chi connectivity index (χ3v) is 6.40. The van der Waals surface area contributed by atoms with E-state index in [0.717, 1.165) is 17.5 Å². The van der Waals surface area contributed by atoms with Gasteiger partial charge in [-0.3, -0.25) is 9.59 Å². The molecule has 0 bridgehead atoms. The fraction of sp³-hybridized carbons (Fsp3) is 0.200. The number of aryl methyl sites for hydroxylation is 2. The molecule has 1 amide bonds. The van der Waals surface area contributed by atoms with E-state index in [1.807, 2.05) is 44.2 Å². The van der Waals surface area contributed by atoms with Crippen LogP contribution in [0.15, 0.2) is 59.1 Å². The zero-order chi connectivity index (χ0) is 23.3. The van der Waals surface area contributed by atoms with Gasteiger partial charge in [-0.25, -0.2) is 0 Å². The van der Waals surface area contributed by atoms with Gasteiger partial charge in [-0.2, -0.15) is 0 Å². The van der Waals surface area contributed by atoms with Gasteiger partial charge >= 0.3 is 5.97 Å². The molecule has 0 radical (unpaired) electrons. The van der Waals surface area contributed by atoms with Crippen molar-refractivity contribution in [2.45, 2.75) is 26.7 Å².